The molecule has 1 saturated heterocycles. The van der Waals surface area contributed by atoms with Crippen LogP contribution in [0.5, 0.6) is 23.0 Å². The fourth-order valence-electron chi connectivity index (χ4n) is 4.96. The van der Waals surface area contributed by atoms with Gasteiger partial charge in [0.2, 0.25) is 5.91 Å². The lowest BCUT2D eigenvalue weighted by atomic mass is 10.1. The summed E-state index contributed by atoms with van der Waals surface area (Å²) in [5.74, 6) is 3.41. The Labute approximate surface area is 221 Å². The van der Waals surface area contributed by atoms with Gasteiger partial charge in [0, 0.05) is 44.5 Å². The zero-order valence-corrected chi connectivity index (χ0v) is 21.1. The first-order valence-electron chi connectivity index (χ1n) is 12.6. The molecule has 3 aliphatic rings. The van der Waals surface area contributed by atoms with Crippen LogP contribution < -0.4 is 9.47 Å². The Morgan fingerprint density at radius 2 is 1.84 bits per heavy atom. The molecule has 1 amide bonds. The molecule has 190 valence electrons. The Balaban J connectivity index is 1.43. The van der Waals surface area contributed by atoms with Crippen molar-refractivity contribution in [2.24, 2.45) is 0 Å². The maximum Gasteiger partial charge on any atom is 0.237 e. The summed E-state index contributed by atoms with van der Waals surface area (Å²) in [6.07, 6.45) is 1.88. The van der Waals surface area contributed by atoms with Gasteiger partial charge in [-0.25, -0.2) is 4.98 Å². The number of piperazine rings is 1. The fraction of sp³-hybridized carbons (Fsp3) is 0.233. The van der Waals surface area contributed by atoms with Crippen molar-refractivity contribution in [3.05, 3.63) is 101 Å². The average molecular weight is 506 g/mol. The Kier molecular flexibility index (Phi) is 6.28. The highest BCUT2D eigenvalue weighted by Gasteiger charge is 2.26. The molecule has 0 aliphatic carbocycles. The van der Waals surface area contributed by atoms with Crippen molar-refractivity contribution in [1.82, 2.24) is 19.4 Å². The summed E-state index contributed by atoms with van der Waals surface area (Å²) in [7, 11) is 0. The van der Waals surface area contributed by atoms with E-state index in [-0.39, 0.29) is 5.91 Å². The van der Waals surface area contributed by atoms with Gasteiger partial charge in [0.05, 0.1) is 17.8 Å². The molecule has 3 aliphatic heterocycles. The molecule has 0 N–H and O–H groups in total. The van der Waals surface area contributed by atoms with Gasteiger partial charge in [0.15, 0.2) is 0 Å². The van der Waals surface area contributed by atoms with Crippen LogP contribution in [0.3, 0.4) is 0 Å². The number of fused-ring (bicyclic) bond motifs is 2. The second-order valence-electron chi connectivity index (χ2n) is 9.64. The van der Waals surface area contributed by atoms with E-state index in [4.69, 9.17) is 9.47 Å². The third-order valence-electron chi connectivity index (χ3n) is 7.02. The zero-order valence-electron chi connectivity index (χ0n) is 21.1. The molecule has 0 saturated carbocycles. The van der Waals surface area contributed by atoms with Crippen molar-refractivity contribution >= 4 is 5.91 Å². The summed E-state index contributed by atoms with van der Waals surface area (Å²) in [4.78, 5) is 21.8. The number of hydrogen-bond donors (Lipinski definition) is 0. The van der Waals surface area contributed by atoms with Crippen LogP contribution in [0.4, 0.5) is 0 Å². The van der Waals surface area contributed by atoms with Crippen molar-refractivity contribution in [1.29, 1.82) is 5.26 Å². The minimum atomic E-state index is 0.0695. The van der Waals surface area contributed by atoms with Crippen molar-refractivity contribution in [3.63, 3.8) is 0 Å². The number of nitriles is 1. The fourth-order valence-corrected chi connectivity index (χ4v) is 4.96. The minimum absolute atomic E-state index is 0.0695. The third kappa shape index (κ3) is 4.84. The minimum Gasteiger partial charge on any atom is -0.457 e. The number of hydrogen-bond acceptors (Lipinski definition) is 6. The summed E-state index contributed by atoms with van der Waals surface area (Å²) in [6, 6.07) is 23.1. The van der Waals surface area contributed by atoms with Gasteiger partial charge in [-0.05, 0) is 55.0 Å². The van der Waals surface area contributed by atoms with Gasteiger partial charge in [0.25, 0.3) is 0 Å². The predicted octanol–water partition coefficient (Wildman–Crippen LogP) is 4.85. The number of aryl methyl sites for hydroxylation is 1. The van der Waals surface area contributed by atoms with Crippen LogP contribution in [0.2, 0.25) is 0 Å². The van der Waals surface area contributed by atoms with Gasteiger partial charge >= 0.3 is 0 Å². The van der Waals surface area contributed by atoms with E-state index in [9.17, 15) is 10.1 Å². The standard InChI is InChI=1S/C30H27N5O3/c1-21-32-16-25-19-33-11-12-34(30(36)20-33)18-24-14-27(9-10-28(24)37-26-5-3-2-4-6-26)38-29-13-22(17-35(21)25)7-8-23(29)15-31/h2-10,13-14,16H,11-12,17-20H2,1H3. The molecular weight excluding hydrogens is 478 g/mol. The molecular formula is C30H27N5O3. The number of carbonyl (C=O) groups is 1. The number of ether oxygens (including phenoxy) is 2. The summed E-state index contributed by atoms with van der Waals surface area (Å²) >= 11 is 0. The number of para-hydroxylation sites is 1. The number of rotatable bonds is 2. The van der Waals surface area contributed by atoms with E-state index >= 15 is 0 Å². The van der Waals surface area contributed by atoms with E-state index in [1.165, 1.54) is 0 Å². The number of amides is 1. The average Bonchev–Trinajstić information content (AvgIpc) is 3.26. The molecule has 1 unspecified atom stereocenters. The van der Waals surface area contributed by atoms with Crippen LogP contribution in [0.15, 0.2) is 72.9 Å². The molecule has 1 fully saturated rings. The molecule has 4 aromatic rings. The molecule has 7 rings (SSSR count). The quantitative estimate of drug-likeness (QED) is 0.387. The lowest BCUT2D eigenvalue weighted by Crippen LogP contribution is -2.49. The molecule has 0 radical (unpaired) electrons. The second kappa shape index (κ2) is 10.0. The Hall–Kier alpha value is -4.61. The lowest BCUT2D eigenvalue weighted by molar-refractivity contribution is -0.136. The first kappa shape index (κ1) is 23.8. The summed E-state index contributed by atoms with van der Waals surface area (Å²) in [5.41, 5.74) is 3.33. The smallest absolute Gasteiger partial charge is 0.237 e. The van der Waals surface area contributed by atoms with Gasteiger partial charge in [-0.15, -0.1) is 0 Å². The topological polar surface area (TPSA) is 83.6 Å². The van der Waals surface area contributed by atoms with Gasteiger partial charge in [0.1, 0.15) is 34.9 Å². The highest BCUT2D eigenvalue weighted by atomic mass is 16.5. The Bertz CT molecular complexity index is 1540. The molecule has 1 atom stereocenters. The predicted molar refractivity (Wildman–Crippen MR) is 141 cm³/mol. The molecule has 38 heavy (non-hydrogen) atoms. The van der Waals surface area contributed by atoms with Gasteiger partial charge < -0.3 is 18.9 Å². The van der Waals surface area contributed by atoms with Gasteiger partial charge in [-0.3, -0.25) is 9.69 Å². The zero-order chi connectivity index (χ0) is 26.1. The van der Waals surface area contributed by atoms with Crippen LogP contribution >= 0.6 is 0 Å². The maximum atomic E-state index is 13.2. The summed E-state index contributed by atoms with van der Waals surface area (Å²) in [6.45, 7) is 5.32. The molecule has 1 aromatic heterocycles. The second-order valence-corrected chi connectivity index (χ2v) is 9.64. The molecule has 6 bridgehead atoms. The monoisotopic (exact) mass is 505 g/mol. The van der Waals surface area contributed by atoms with Crippen LogP contribution in [0, 0.1) is 18.3 Å². The largest absolute Gasteiger partial charge is 0.457 e. The number of benzene rings is 3. The van der Waals surface area contributed by atoms with E-state index in [2.05, 4.69) is 20.5 Å². The Morgan fingerprint density at radius 3 is 2.66 bits per heavy atom. The first-order valence-corrected chi connectivity index (χ1v) is 12.6. The van der Waals surface area contributed by atoms with Crippen molar-refractivity contribution in [2.75, 3.05) is 19.6 Å². The lowest BCUT2D eigenvalue weighted by Gasteiger charge is -2.34. The SMILES string of the molecule is Cc1ncc2n1Cc1ccc(C#N)c(c1)Oc1ccc(Oc3ccccc3)c(c1)CN1CCN(CC1=O)C2. The molecule has 4 heterocycles. The third-order valence-corrected chi connectivity index (χ3v) is 7.02. The van der Waals surface area contributed by atoms with E-state index in [1.54, 1.807) is 6.07 Å². The van der Waals surface area contributed by atoms with E-state index in [0.717, 1.165) is 29.2 Å². The van der Waals surface area contributed by atoms with E-state index < -0.39 is 0 Å². The van der Waals surface area contributed by atoms with Crippen molar-refractivity contribution in [2.45, 2.75) is 26.6 Å². The Morgan fingerprint density at radius 1 is 0.974 bits per heavy atom. The van der Waals surface area contributed by atoms with Crippen LogP contribution in [0.25, 0.3) is 0 Å². The number of nitrogens with zero attached hydrogens (tertiary/aromatic N) is 5. The van der Waals surface area contributed by atoms with Crippen LogP contribution in [-0.2, 0) is 24.4 Å². The van der Waals surface area contributed by atoms with Crippen molar-refractivity contribution < 1.29 is 14.3 Å². The van der Waals surface area contributed by atoms with E-state index in [1.807, 2.05) is 78.7 Å². The highest BCUT2D eigenvalue weighted by molar-refractivity contribution is 5.79. The molecule has 8 nitrogen and oxygen atoms in total. The number of carbonyl (C=O) groups excluding carboxylic acids is 1. The summed E-state index contributed by atoms with van der Waals surface area (Å²) < 4.78 is 14.6. The maximum absolute atomic E-state index is 13.2. The van der Waals surface area contributed by atoms with Crippen LogP contribution in [0.1, 0.15) is 28.2 Å². The highest BCUT2D eigenvalue weighted by Crippen LogP contribution is 2.34. The molecule has 3 aromatic carbocycles. The number of aromatic nitrogens is 2. The van der Waals surface area contributed by atoms with E-state index in [0.29, 0.717) is 61.3 Å². The van der Waals surface area contributed by atoms with Gasteiger partial charge in [-0.2, -0.15) is 5.26 Å². The molecule has 0 spiro atoms. The first-order chi connectivity index (χ1) is 18.6. The normalized spacial score (nSPS) is 16.9. The molecule has 8 heteroatoms. The van der Waals surface area contributed by atoms with Crippen molar-refractivity contribution in [3.8, 4) is 29.1 Å². The van der Waals surface area contributed by atoms with Gasteiger partial charge in [-0.1, -0.05) is 24.3 Å². The van der Waals surface area contributed by atoms with Crippen LogP contribution in [-0.4, -0.2) is 44.9 Å². The summed E-state index contributed by atoms with van der Waals surface area (Å²) in [5, 5.41) is 9.74. The number of imidazole rings is 1.